The molecule has 4 rings (SSSR count). The van der Waals surface area contributed by atoms with Crippen molar-refractivity contribution in [1.29, 1.82) is 0 Å². The molecule has 0 N–H and O–H groups in total. The van der Waals surface area contributed by atoms with Crippen LogP contribution >= 0.6 is 0 Å². The van der Waals surface area contributed by atoms with Gasteiger partial charge < -0.3 is 9.80 Å². The molecular weight excluding hydrogens is 346 g/mol. The monoisotopic (exact) mass is 369 g/mol. The Morgan fingerprint density at radius 3 is 2.37 bits per heavy atom. The summed E-state index contributed by atoms with van der Waals surface area (Å²) in [5.74, 6) is -2.62. The van der Waals surface area contributed by atoms with E-state index in [4.69, 9.17) is 0 Å². The molecule has 7 nitrogen and oxygen atoms in total. The minimum atomic E-state index is -1.30. The molecule has 7 heteroatoms. The van der Waals surface area contributed by atoms with Crippen molar-refractivity contribution in [2.75, 3.05) is 20.1 Å². The third kappa shape index (κ3) is 2.02. The first-order chi connectivity index (χ1) is 12.9. The molecule has 1 aromatic rings. The van der Waals surface area contributed by atoms with Gasteiger partial charge in [0, 0.05) is 25.7 Å². The van der Waals surface area contributed by atoms with Crippen LogP contribution in [0.5, 0.6) is 0 Å². The summed E-state index contributed by atoms with van der Waals surface area (Å²) in [6, 6.07) is 8.27. The van der Waals surface area contributed by atoms with Crippen LogP contribution in [-0.2, 0) is 14.4 Å². The number of likely N-dealkylation sites (tertiary alicyclic amines) is 2. The van der Waals surface area contributed by atoms with Crippen molar-refractivity contribution in [1.82, 2.24) is 14.7 Å². The van der Waals surface area contributed by atoms with Gasteiger partial charge in [0.15, 0.2) is 0 Å². The molecule has 0 saturated carbocycles. The van der Waals surface area contributed by atoms with E-state index in [1.807, 2.05) is 19.9 Å². The largest absolute Gasteiger partial charge is 0.339 e. The van der Waals surface area contributed by atoms with E-state index in [0.717, 1.165) is 4.90 Å². The van der Waals surface area contributed by atoms with E-state index in [2.05, 4.69) is 0 Å². The molecule has 3 aliphatic heterocycles. The number of likely N-dealkylation sites (N-methyl/N-ethyl adjacent to an activating group) is 1. The molecule has 1 aromatic carbocycles. The Labute approximate surface area is 157 Å². The lowest BCUT2D eigenvalue weighted by atomic mass is 9.78. The van der Waals surface area contributed by atoms with Gasteiger partial charge >= 0.3 is 0 Å². The van der Waals surface area contributed by atoms with Gasteiger partial charge in [-0.25, -0.2) is 0 Å². The van der Waals surface area contributed by atoms with Crippen LogP contribution in [-0.4, -0.2) is 70.0 Å². The van der Waals surface area contributed by atoms with Crippen LogP contribution in [0.3, 0.4) is 0 Å². The fourth-order valence-electron chi connectivity index (χ4n) is 5.21. The van der Waals surface area contributed by atoms with Gasteiger partial charge in [-0.05, 0) is 25.5 Å². The van der Waals surface area contributed by atoms with E-state index >= 15 is 0 Å². The number of amides is 4. The fourth-order valence-corrected chi connectivity index (χ4v) is 5.21. The van der Waals surface area contributed by atoms with Crippen molar-refractivity contribution in [3.05, 3.63) is 35.9 Å². The molecule has 4 atom stereocenters. The zero-order chi connectivity index (χ0) is 19.5. The molecule has 27 heavy (non-hydrogen) atoms. The highest BCUT2D eigenvalue weighted by Crippen LogP contribution is 2.53. The lowest BCUT2D eigenvalue weighted by Crippen LogP contribution is -2.69. The molecule has 0 aliphatic carbocycles. The van der Waals surface area contributed by atoms with Gasteiger partial charge in [0.2, 0.25) is 17.7 Å². The summed E-state index contributed by atoms with van der Waals surface area (Å²) in [7, 11) is 1.47. The summed E-state index contributed by atoms with van der Waals surface area (Å²) >= 11 is 0. The number of benzene rings is 1. The number of carbonyl (C=O) groups is 4. The molecule has 142 valence electrons. The molecule has 3 fully saturated rings. The predicted molar refractivity (Wildman–Crippen MR) is 96.4 cm³/mol. The predicted octanol–water partition coefficient (Wildman–Crippen LogP) is 0.753. The molecule has 0 spiro atoms. The molecule has 0 radical (unpaired) electrons. The van der Waals surface area contributed by atoms with Gasteiger partial charge in [-0.1, -0.05) is 25.1 Å². The second kappa shape index (κ2) is 5.90. The number of piperazine rings is 1. The molecule has 3 saturated heterocycles. The van der Waals surface area contributed by atoms with E-state index in [-0.39, 0.29) is 30.2 Å². The highest BCUT2D eigenvalue weighted by atomic mass is 16.2. The first-order valence-electron chi connectivity index (χ1n) is 9.39. The van der Waals surface area contributed by atoms with Crippen molar-refractivity contribution in [3.63, 3.8) is 0 Å². The maximum Gasteiger partial charge on any atom is 0.255 e. The second-order valence-electron chi connectivity index (χ2n) is 7.47. The van der Waals surface area contributed by atoms with Crippen LogP contribution in [0, 0.1) is 11.8 Å². The Kier molecular flexibility index (Phi) is 3.87. The lowest BCUT2D eigenvalue weighted by molar-refractivity contribution is -0.156. The zero-order valence-electron chi connectivity index (χ0n) is 15.7. The van der Waals surface area contributed by atoms with E-state index in [0.29, 0.717) is 18.5 Å². The SMILES string of the molecule is CCN1CC2C3C(=O)N(C)C(=O)C3[C@](CC)(C1=O)N2C(=O)c1ccccc1. The lowest BCUT2D eigenvalue weighted by Gasteiger charge is -2.49. The van der Waals surface area contributed by atoms with Crippen molar-refractivity contribution in [2.45, 2.75) is 31.8 Å². The molecule has 2 bridgehead atoms. The number of rotatable bonds is 3. The van der Waals surface area contributed by atoms with Crippen molar-refractivity contribution >= 4 is 23.6 Å². The second-order valence-corrected chi connectivity index (χ2v) is 7.47. The van der Waals surface area contributed by atoms with Gasteiger partial charge in [-0.2, -0.15) is 0 Å². The minimum Gasteiger partial charge on any atom is -0.339 e. The number of hydrogen-bond donors (Lipinski definition) is 0. The van der Waals surface area contributed by atoms with Crippen LogP contribution in [0.4, 0.5) is 0 Å². The number of carbonyl (C=O) groups excluding carboxylic acids is 4. The number of nitrogens with zero attached hydrogens (tertiary/aromatic N) is 3. The van der Waals surface area contributed by atoms with E-state index < -0.39 is 23.4 Å². The van der Waals surface area contributed by atoms with Crippen molar-refractivity contribution < 1.29 is 19.2 Å². The van der Waals surface area contributed by atoms with Gasteiger partial charge in [0.1, 0.15) is 5.54 Å². The van der Waals surface area contributed by atoms with Crippen LogP contribution < -0.4 is 0 Å². The zero-order valence-corrected chi connectivity index (χ0v) is 15.7. The quantitative estimate of drug-likeness (QED) is 0.737. The molecule has 3 unspecified atom stereocenters. The normalized spacial score (nSPS) is 32.3. The van der Waals surface area contributed by atoms with Gasteiger partial charge in [0.25, 0.3) is 5.91 Å². The minimum absolute atomic E-state index is 0.225. The summed E-state index contributed by atoms with van der Waals surface area (Å²) in [5.41, 5.74) is -0.833. The first-order valence-corrected chi connectivity index (χ1v) is 9.39. The summed E-state index contributed by atoms with van der Waals surface area (Å²) in [5, 5.41) is 0. The smallest absolute Gasteiger partial charge is 0.255 e. The number of imide groups is 1. The maximum absolute atomic E-state index is 13.5. The topological polar surface area (TPSA) is 78.0 Å². The summed E-state index contributed by atoms with van der Waals surface area (Å²) in [6.45, 7) is 4.46. The van der Waals surface area contributed by atoms with Gasteiger partial charge in [-0.15, -0.1) is 0 Å². The molecule has 3 aliphatic rings. The average molecular weight is 369 g/mol. The van der Waals surface area contributed by atoms with Crippen LogP contribution in [0.1, 0.15) is 30.6 Å². The fraction of sp³-hybridized carbons (Fsp3) is 0.500. The Balaban J connectivity index is 1.90. The molecular formula is C20H23N3O4. The Hall–Kier alpha value is -2.70. The molecule has 4 amide bonds. The third-order valence-electron chi connectivity index (χ3n) is 6.49. The van der Waals surface area contributed by atoms with Crippen molar-refractivity contribution in [2.24, 2.45) is 11.8 Å². The molecule has 3 heterocycles. The van der Waals surface area contributed by atoms with Crippen LogP contribution in [0.2, 0.25) is 0 Å². The highest BCUT2D eigenvalue weighted by molar-refractivity contribution is 6.13. The number of fused-ring (bicyclic) bond motifs is 5. The summed E-state index contributed by atoms with van der Waals surface area (Å²) in [6.07, 6.45) is 0.297. The molecule has 0 aromatic heterocycles. The number of hydrogen-bond acceptors (Lipinski definition) is 4. The van der Waals surface area contributed by atoms with Gasteiger partial charge in [0.05, 0.1) is 17.9 Å². The highest BCUT2D eigenvalue weighted by Gasteiger charge is 2.74. The Bertz CT molecular complexity index is 839. The first kappa shape index (κ1) is 17.7. The Morgan fingerprint density at radius 1 is 1.11 bits per heavy atom. The van der Waals surface area contributed by atoms with Crippen LogP contribution in [0.25, 0.3) is 0 Å². The summed E-state index contributed by atoms with van der Waals surface area (Å²) in [4.78, 5) is 57.0. The van der Waals surface area contributed by atoms with E-state index in [1.165, 1.54) is 7.05 Å². The standard InChI is InChI=1S/C20H23N3O4/c1-4-20-15-14(17(25)21(3)18(15)26)13(11-22(5-2)19(20)27)23(20)16(24)12-9-7-6-8-10-12/h6-10,13-15H,4-5,11H2,1-3H3/t13?,14?,15?,20-/m1/s1. The van der Waals surface area contributed by atoms with E-state index in [1.54, 1.807) is 34.1 Å². The van der Waals surface area contributed by atoms with Crippen molar-refractivity contribution in [3.8, 4) is 0 Å². The van der Waals surface area contributed by atoms with Crippen LogP contribution in [0.15, 0.2) is 30.3 Å². The Morgan fingerprint density at radius 2 is 1.78 bits per heavy atom. The average Bonchev–Trinajstić information content (AvgIpc) is 3.07. The third-order valence-corrected chi connectivity index (χ3v) is 6.49. The summed E-state index contributed by atoms with van der Waals surface area (Å²) < 4.78 is 0. The maximum atomic E-state index is 13.5. The van der Waals surface area contributed by atoms with E-state index in [9.17, 15) is 19.2 Å². The van der Waals surface area contributed by atoms with Gasteiger partial charge in [-0.3, -0.25) is 24.1 Å².